The Labute approximate surface area is 80.8 Å². The van der Waals surface area contributed by atoms with Crippen LogP contribution in [0.25, 0.3) is 0 Å². The van der Waals surface area contributed by atoms with Gasteiger partial charge in [0.2, 0.25) is 0 Å². The van der Waals surface area contributed by atoms with E-state index in [4.69, 9.17) is 5.11 Å². The number of aromatic carboxylic acids is 1. The molecule has 76 valence electrons. The number of carbonyl (C=O) groups is 1. The van der Waals surface area contributed by atoms with Gasteiger partial charge in [-0.3, -0.25) is 0 Å². The average Bonchev–Trinajstić information content (AvgIpc) is 2.01. The van der Waals surface area contributed by atoms with Crippen LogP contribution in [0.2, 0.25) is 0 Å². The summed E-state index contributed by atoms with van der Waals surface area (Å²) >= 11 is 0. The van der Waals surface area contributed by atoms with Gasteiger partial charge in [-0.05, 0) is 0 Å². The first kappa shape index (κ1) is 10.2. The minimum atomic E-state index is -1.36. The molecular weight excluding hydrogens is 186 g/mol. The fraction of sp³-hybridized carbons (Fsp3) is 0.222. The van der Waals surface area contributed by atoms with Gasteiger partial charge in [-0.25, -0.2) is 4.79 Å². The second-order valence-corrected chi connectivity index (χ2v) is 3.06. The number of hydrogen-bond acceptors (Lipinski definition) is 4. The normalized spacial score (nSPS) is 9.86. The maximum absolute atomic E-state index is 10.6. The number of carboxylic acid groups (broad SMARTS) is 1. The van der Waals surface area contributed by atoms with E-state index in [9.17, 15) is 15.0 Å². The van der Waals surface area contributed by atoms with E-state index in [0.717, 1.165) is 0 Å². The van der Waals surface area contributed by atoms with Gasteiger partial charge < -0.3 is 20.2 Å². The summed E-state index contributed by atoms with van der Waals surface area (Å²) in [5.41, 5.74) is 0.0561. The predicted octanol–water partition coefficient (Wildman–Crippen LogP) is 0.862. The van der Waals surface area contributed by atoms with Gasteiger partial charge in [0.25, 0.3) is 0 Å². The van der Waals surface area contributed by atoms with E-state index >= 15 is 0 Å². The Morgan fingerprint density at radius 1 is 1.21 bits per heavy atom. The molecule has 0 aliphatic heterocycles. The summed E-state index contributed by atoms with van der Waals surface area (Å²) in [5, 5.41) is 27.3. The second kappa shape index (κ2) is 3.45. The first-order chi connectivity index (χ1) is 6.43. The average molecular weight is 197 g/mol. The molecule has 0 aromatic heterocycles. The minimum Gasteiger partial charge on any atom is -0.507 e. The molecule has 3 N–H and O–H groups in total. The Morgan fingerprint density at radius 3 is 1.93 bits per heavy atom. The van der Waals surface area contributed by atoms with Gasteiger partial charge in [0.1, 0.15) is 17.1 Å². The number of benzene rings is 1. The van der Waals surface area contributed by atoms with Crippen molar-refractivity contribution >= 4 is 11.7 Å². The van der Waals surface area contributed by atoms with Crippen molar-refractivity contribution in [2.45, 2.75) is 0 Å². The fourth-order valence-electron chi connectivity index (χ4n) is 1.07. The van der Waals surface area contributed by atoms with Crippen molar-refractivity contribution in [3.05, 3.63) is 17.7 Å². The molecule has 14 heavy (non-hydrogen) atoms. The Bertz CT molecular complexity index is 350. The highest BCUT2D eigenvalue weighted by Crippen LogP contribution is 2.32. The highest BCUT2D eigenvalue weighted by Gasteiger charge is 2.16. The molecule has 0 heterocycles. The lowest BCUT2D eigenvalue weighted by atomic mass is 10.1. The molecule has 1 aromatic rings. The van der Waals surface area contributed by atoms with Crippen LogP contribution < -0.4 is 4.90 Å². The third-order valence-corrected chi connectivity index (χ3v) is 1.81. The molecule has 0 bridgehead atoms. The molecule has 0 aliphatic rings. The molecule has 0 radical (unpaired) electrons. The maximum Gasteiger partial charge on any atom is 0.343 e. The van der Waals surface area contributed by atoms with E-state index in [1.165, 1.54) is 12.1 Å². The fourth-order valence-corrected chi connectivity index (χ4v) is 1.07. The van der Waals surface area contributed by atoms with Gasteiger partial charge in [-0.2, -0.15) is 0 Å². The van der Waals surface area contributed by atoms with E-state index in [-0.39, 0.29) is 0 Å². The van der Waals surface area contributed by atoms with Crippen LogP contribution in [0, 0.1) is 0 Å². The van der Waals surface area contributed by atoms with Crippen LogP contribution in [0.15, 0.2) is 12.1 Å². The number of rotatable bonds is 2. The third kappa shape index (κ3) is 1.71. The number of nitrogens with zero attached hydrogens (tertiary/aromatic N) is 1. The van der Waals surface area contributed by atoms with Gasteiger partial charge in [0.15, 0.2) is 0 Å². The topological polar surface area (TPSA) is 81.0 Å². The Morgan fingerprint density at radius 2 is 1.64 bits per heavy atom. The summed E-state index contributed by atoms with van der Waals surface area (Å²) in [5.74, 6) is -2.24. The molecule has 5 nitrogen and oxygen atoms in total. The van der Waals surface area contributed by atoms with Crippen molar-refractivity contribution in [3.8, 4) is 11.5 Å². The molecule has 0 amide bonds. The standard InChI is InChI=1S/C9H11NO4/c1-10(2)5-3-6(11)8(9(13)14)7(12)4-5/h3-4,11-12H,1-2H3,(H,13,14). The zero-order valence-electron chi connectivity index (χ0n) is 7.85. The Kier molecular flexibility index (Phi) is 2.51. The zero-order chi connectivity index (χ0) is 10.9. The lowest BCUT2D eigenvalue weighted by Gasteiger charge is -2.14. The number of hydrogen-bond donors (Lipinski definition) is 3. The van der Waals surface area contributed by atoms with Crippen molar-refractivity contribution in [2.75, 3.05) is 19.0 Å². The van der Waals surface area contributed by atoms with Gasteiger partial charge in [-0.1, -0.05) is 0 Å². The van der Waals surface area contributed by atoms with E-state index in [1.54, 1.807) is 19.0 Å². The van der Waals surface area contributed by atoms with Crippen molar-refractivity contribution in [1.29, 1.82) is 0 Å². The van der Waals surface area contributed by atoms with Crippen LogP contribution in [0.3, 0.4) is 0 Å². The Hall–Kier alpha value is -1.91. The molecule has 0 atom stereocenters. The molecule has 1 rings (SSSR count). The second-order valence-electron chi connectivity index (χ2n) is 3.06. The first-order valence-corrected chi connectivity index (χ1v) is 3.90. The van der Waals surface area contributed by atoms with Crippen LogP contribution in [0.4, 0.5) is 5.69 Å². The summed E-state index contributed by atoms with van der Waals surface area (Å²) in [6.07, 6.45) is 0. The van der Waals surface area contributed by atoms with Crippen LogP contribution >= 0.6 is 0 Å². The molecule has 0 saturated carbocycles. The largest absolute Gasteiger partial charge is 0.507 e. The molecule has 0 fully saturated rings. The van der Waals surface area contributed by atoms with Crippen LogP contribution in [0.1, 0.15) is 10.4 Å². The minimum absolute atomic E-state index is 0.443. The zero-order valence-corrected chi connectivity index (χ0v) is 7.85. The monoisotopic (exact) mass is 197 g/mol. The Balaban J connectivity index is 3.32. The van der Waals surface area contributed by atoms with Crippen LogP contribution in [0.5, 0.6) is 11.5 Å². The van der Waals surface area contributed by atoms with Gasteiger partial charge in [0.05, 0.1) is 0 Å². The summed E-state index contributed by atoms with van der Waals surface area (Å²) in [6.45, 7) is 0. The number of phenols is 2. The SMILES string of the molecule is CN(C)c1cc(O)c(C(=O)O)c(O)c1. The van der Waals surface area contributed by atoms with E-state index in [0.29, 0.717) is 5.69 Å². The number of carboxylic acids is 1. The predicted molar refractivity (Wildman–Crippen MR) is 51.1 cm³/mol. The quantitative estimate of drug-likeness (QED) is 0.655. The van der Waals surface area contributed by atoms with Gasteiger partial charge in [-0.15, -0.1) is 0 Å². The van der Waals surface area contributed by atoms with Gasteiger partial charge >= 0.3 is 5.97 Å². The van der Waals surface area contributed by atoms with E-state index in [1.807, 2.05) is 0 Å². The van der Waals surface area contributed by atoms with E-state index < -0.39 is 23.0 Å². The smallest absolute Gasteiger partial charge is 0.343 e. The van der Waals surface area contributed by atoms with Crippen molar-refractivity contribution < 1.29 is 20.1 Å². The van der Waals surface area contributed by atoms with E-state index in [2.05, 4.69) is 0 Å². The lowest BCUT2D eigenvalue weighted by Crippen LogP contribution is -2.09. The summed E-state index contributed by atoms with van der Waals surface area (Å²) < 4.78 is 0. The highest BCUT2D eigenvalue weighted by molar-refractivity contribution is 5.94. The molecule has 5 heteroatoms. The van der Waals surface area contributed by atoms with Crippen LogP contribution in [-0.2, 0) is 0 Å². The number of aromatic hydroxyl groups is 2. The molecular formula is C9H11NO4. The summed E-state index contributed by atoms with van der Waals surface area (Å²) in [6, 6.07) is 2.56. The number of anilines is 1. The molecule has 0 aliphatic carbocycles. The molecule has 0 spiro atoms. The summed E-state index contributed by atoms with van der Waals surface area (Å²) in [4.78, 5) is 12.2. The highest BCUT2D eigenvalue weighted by atomic mass is 16.4. The van der Waals surface area contributed by atoms with Crippen molar-refractivity contribution in [1.82, 2.24) is 0 Å². The van der Waals surface area contributed by atoms with Gasteiger partial charge in [0, 0.05) is 31.9 Å². The molecule has 0 unspecified atom stereocenters. The maximum atomic E-state index is 10.6. The van der Waals surface area contributed by atoms with Crippen LogP contribution in [-0.4, -0.2) is 35.4 Å². The first-order valence-electron chi connectivity index (χ1n) is 3.90. The third-order valence-electron chi connectivity index (χ3n) is 1.81. The molecule has 1 aromatic carbocycles. The lowest BCUT2D eigenvalue weighted by molar-refractivity contribution is 0.0690. The van der Waals surface area contributed by atoms with Crippen molar-refractivity contribution in [2.24, 2.45) is 0 Å². The summed E-state index contributed by atoms with van der Waals surface area (Å²) in [7, 11) is 3.43. The van der Waals surface area contributed by atoms with Crippen molar-refractivity contribution in [3.63, 3.8) is 0 Å². The molecule has 0 saturated heterocycles.